The minimum atomic E-state index is -0.467. The lowest BCUT2D eigenvalue weighted by Gasteiger charge is -2.16. The molecule has 0 radical (unpaired) electrons. The average Bonchev–Trinajstić information content (AvgIpc) is 3.39. The van der Waals surface area contributed by atoms with Crippen LogP contribution in [0.3, 0.4) is 0 Å². The standard InChI is InChI=1S/C21H19ClN2O3/c22-16-5-3-15(4-6-16)21(9-10-21)20(27)23-17-7-1-13(2-8-17)11-14-12-18(25)24-19(14)26/h1-8,14H,9-12H2,(H,23,27)(H,24,25,26). The van der Waals surface area contributed by atoms with Crippen molar-refractivity contribution in [2.24, 2.45) is 5.92 Å². The number of amides is 3. The summed E-state index contributed by atoms with van der Waals surface area (Å²) in [7, 11) is 0. The number of imide groups is 1. The number of nitrogens with one attached hydrogen (secondary N) is 2. The number of anilines is 1. The smallest absolute Gasteiger partial charge is 0.235 e. The number of halogens is 1. The lowest BCUT2D eigenvalue weighted by atomic mass is 9.94. The summed E-state index contributed by atoms with van der Waals surface area (Å²) in [4.78, 5) is 35.7. The van der Waals surface area contributed by atoms with Crippen LogP contribution in [0.15, 0.2) is 48.5 Å². The van der Waals surface area contributed by atoms with Gasteiger partial charge in [-0.1, -0.05) is 35.9 Å². The lowest BCUT2D eigenvalue weighted by molar-refractivity contribution is -0.125. The molecular weight excluding hydrogens is 364 g/mol. The van der Waals surface area contributed by atoms with E-state index in [0.29, 0.717) is 11.4 Å². The summed E-state index contributed by atoms with van der Waals surface area (Å²) in [6.45, 7) is 0. The molecule has 0 aromatic heterocycles. The van der Waals surface area contributed by atoms with Crippen LogP contribution in [-0.4, -0.2) is 17.7 Å². The predicted octanol–water partition coefficient (Wildman–Crippen LogP) is 3.22. The fourth-order valence-corrected chi connectivity index (χ4v) is 3.70. The number of hydrogen-bond donors (Lipinski definition) is 2. The zero-order valence-corrected chi connectivity index (χ0v) is 15.4. The van der Waals surface area contributed by atoms with Gasteiger partial charge in [0.1, 0.15) is 0 Å². The zero-order valence-electron chi connectivity index (χ0n) is 14.6. The summed E-state index contributed by atoms with van der Waals surface area (Å²) in [6.07, 6.45) is 2.40. The van der Waals surface area contributed by atoms with Gasteiger partial charge in [-0.2, -0.15) is 0 Å². The summed E-state index contributed by atoms with van der Waals surface area (Å²) in [5.41, 5.74) is 2.20. The monoisotopic (exact) mass is 382 g/mol. The number of hydrogen-bond acceptors (Lipinski definition) is 3. The van der Waals surface area contributed by atoms with Gasteiger partial charge in [-0.25, -0.2) is 0 Å². The highest BCUT2D eigenvalue weighted by Gasteiger charge is 2.51. The van der Waals surface area contributed by atoms with Crippen molar-refractivity contribution in [2.45, 2.75) is 31.1 Å². The van der Waals surface area contributed by atoms with E-state index in [0.717, 1.165) is 29.7 Å². The van der Waals surface area contributed by atoms with Crippen LogP contribution in [0.2, 0.25) is 5.02 Å². The predicted molar refractivity (Wildman–Crippen MR) is 102 cm³/mol. The molecule has 2 fully saturated rings. The number of benzene rings is 2. The molecule has 1 saturated heterocycles. The topological polar surface area (TPSA) is 75.3 Å². The summed E-state index contributed by atoms with van der Waals surface area (Å²) in [5.74, 6) is -0.752. The van der Waals surface area contributed by atoms with E-state index in [4.69, 9.17) is 11.6 Å². The van der Waals surface area contributed by atoms with Crippen molar-refractivity contribution in [1.82, 2.24) is 5.32 Å². The maximum atomic E-state index is 12.8. The second kappa shape index (κ2) is 6.82. The number of carbonyl (C=O) groups excluding carboxylic acids is 3. The van der Waals surface area contributed by atoms with E-state index in [1.807, 2.05) is 48.5 Å². The number of rotatable bonds is 5. The first kappa shape index (κ1) is 17.7. The molecule has 2 aliphatic rings. The van der Waals surface area contributed by atoms with Crippen molar-refractivity contribution < 1.29 is 14.4 Å². The first-order valence-electron chi connectivity index (χ1n) is 8.96. The van der Waals surface area contributed by atoms with Crippen molar-refractivity contribution in [3.8, 4) is 0 Å². The molecule has 0 bridgehead atoms. The maximum absolute atomic E-state index is 12.8. The van der Waals surface area contributed by atoms with Gasteiger partial charge < -0.3 is 5.32 Å². The second-order valence-electron chi connectivity index (χ2n) is 7.26. The molecule has 138 valence electrons. The summed E-state index contributed by atoms with van der Waals surface area (Å²) < 4.78 is 0. The quantitative estimate of drug-likeness (QED) is 0.779. The molecule has 27 heavy (non-hydrogen) atoms. The van der Waals surface area contributed by atoms with Gasteiger partial charge in [0.2, 0.25) is 17.7 Å². The van der Waals surface area contributed by atoms with E-state index in [9.17, 15) is 14.4 Å². The normalized spacial score (nSPS) is 20.3. The Morgan fingerprint density at radius 2 is 1.74 bits per heavy atom. The molecule has 1 aliphatic heterocycles. The first-order valence-corrected chi connectivity index (χ1v) is 9.34. The average molecular weight is 383 g/mol. The Bertz CT molecular complexity index is 902. The Hall–Kier alpha value is -2.66. The second-order valence-corrected chi connectivity index (χ2v) is 7.69. The van der Waals surface area contributed by atoms with Crippen molar-refractivity contribution in [3.05, 3.63) is 64.7 Å². The van der Waals surface area contributed by atoms with Crippen molar-refractivity contribution in [2.75, 3.05) is 5.32 Å². The third-order valence-corrected chi connectivity index (χ3v) is 5.59. The molecule has 4 rings (SSSR count). The molecule has 6 heteroatoms. The molecule has 3 amide bonds. The van der Waals surface area contributed by atoms with Crippen LogP contribution in [-0.2, 0) is 26.2 Å². The van der Waals surface area contributed by atoms with Gasteiger partial charge in [-0.05, 0) is 54.7 Å². The van der Waals surface area contributed by atoms with Gasteiger partial charge in [0.15, 0.2) is 0 Å². The highest BCUT2D eigenvalue weighted by Crippen LogP contribution is 2.49. The Kier molecular flexibility index (Phi) is 4.48. The highest BCUT2D eigenvalue weighted by molar-refractivity contribution is 6.30. The van der Waals surface area contributed by atoms with Crippen molar-refractivity contribution in [1.29, 1.82) is 0 Å². The van der Waals surface area contributed by atoms with Crippen LogP contribution in [0.4, 0.5) is 5.69 Å². The number of carbonyl (C=O) groups is 3. The van der Waals surface area contributed by atoms with Crippen LogP contribution < -0.4 is 10.6 Å². The van der Waals surface area contributed by atoms with Crippen molar-refractivity contribution in [3.63, 3.8) is 0 Å². The fourth-order valence-electron chi connectivity index (χ4n) is 3.57. The van der Waals surface area contributed by atoms with Gasteiger partial charge >= 0.3 is 0 Å². The van der Waals surface area contributed by atoms with E-state index >= 15 is 0 Å². The van der Waals surface area contributed by atoms with E-state index < -0.39 is 5.41 Å². The molecular formula is C21H19ClN2O3. The van der Waals surface area contributed by atoms with Gasteiger partial charge in [0, 0.05) is 17.1 Å². The Morgan fingerprint density at radius 3 is 2.30 bits per heavy atom. The summed E-state index contributed by atoms with van der Waals surface area (Å²) >= 11 is 5.94. The highest BCUT2D eigenvalue weighted by atomic mass is 35.5. The Balaban J connectivity index is 1.41. The van der Waals surface area contributed by atoms with E-state index in [2.05, 4.69) is 10.6 Å². The fraction of sp³-hybridized carbons (Fsp3) is 0.286. The van der Waals surface area contributed by atoms with Crippen LogP contribution in [0, 0.1) is 5.92 Å². The van der Waals surface area contributed by atoms with Gasteiger partial charge in [0.05, 0.1) is 11.3 Å². The summed E-state index contributed by atoms with van der Waals surface area (Å²) in [6, 6.07) is 14.9. The molecule has 1 saturated carbocycles. The molecule has 1 heterocycles. The van der Waals surface area contributed by atoms with Crippen LogP contribution >= 0.6 is 11.6 Å². The van der Waals surface area contributed by atoms with Crippen LogP contribution in [0.5, 0.6) is 0 Å². The molecule has 2 aromatic rings. The first-order chi connectivity index (χ1) is 13.0. The third kappa shape index (κ3) is 3.60. The van der Waals surface area contributed by atoms with Crippen LogP contribution in [0.1, 0.15) is 30.4 Å². The molecule has 0 spiro atoms. The molecule has 1 unspecified atom stereocenters. The van der Waals surface area contributed by atoms with E-state index in [1.54, 1.807) is 0 Å². The Labute approximate surface area is 162 Å². The largest absolute Gasteiger partial charge is 0.325 e. The Morgan fingerprint density at radius 1 is 1.07 bits per heavy atom. The maximum Gasteiger partial charge on any atom is 0.235 e. The molecule has 5 nitrogen and oxygen atoms in total. The molecule has 2 aromatic carbocycles. The minimum Gasteiger partial charge on any atom is -0.325 e. The molecule has 1 atom stereocenters. The van der Waals surface area contributed by atoms with E-state index in [-0.39, 0.29) is 30.1 Å². The lowest BCUT2D eigenvalue weighted by Crippen LogP contribution is -2.27. The van der Waals surface area contributed by atoms with Gasteiger partial charge in [0.25, 0.3) is 0 Å². The van der Waals surface area contributed by atoms with Crippen LogP contribution in [0.25, 0.3) is 0 Å². The van der Waals surface area contributed by atoms with Crippen molar-refractivity contribution >= 4 is 35.0 Å². The van der Waals surface area contributed by atoms with Gasteiger partial charge in [-0.15, -0.1) is 0 Å². The van der Waals surface area contributed by atoms with E-state index in [1.165, 1.54) is 0 Å². The van der Waals surface area contributed by atoms with Gasteiger partial charge in [-0.3, -0.25) is 19.7 Å². The minimum absolute atomic E-state index is 0.0154. The molecule has 1 aliphatic carbocycles. The molecule has 2 N–H and O–H groups in total. The zero-order chi connectivity index (χ0) is 19.0. The summed E-state index contributed by atoms with van der Waals surface area (Å²) in [5, 5.41) is 5.97. The third-order valence-electron chi connectivity index (χ3n) is 5.34. The SMILES string of the molecule is O=C1CC(Cc2ccc(NC(=O)C3(c4ccc(Cl)cc4)CC3)cc2)C(=O)N1.